The van der Waals surface area contributed by atoms with Gasteiger partial charge in [0, 0.05) is 15.2 Å². The maximum atomic E-state index is 13.2. The van der Waals surface area contributed by atoms with Crippen LogP contribution in [0, 0.1) is 11.6 Å². The van der Waals surface area contributed by atoms with E-state index >= 15 is 0 Å². The molecule has 0 heterocycles. The fourth-order valence-corrected chi connectivity index (χ4v) is 3.14. The summed E-state index contributed by atoms with van der Waals surface area (Å²) in [6.07, 6.45) is 0. The molecule has 2 rings (SSSR count). The first-order valence-electron chi connectivity index (χ1n) is 5.58. The van der Waals surface area contributed by atoms with Gasteiger partial charge in [-0.25, -0.2) is 17.2 Å². The van der Waals surface area contributed by atoms with E-state index in [9.17, 15) is 17.2 Å². The van der Waals surface area contributed by atoms with E-state index in [1.807, 2.05) is 0 Å². The van der Waals surface area contributed by atoms with E-state index in [1.54, 1.807) is 6.07 Å². The van der Waals surface area contributed by atoms with Crippen molar-refractivity contribution in [3.8, 4) is 5.75 Å². The van der Waals surface area contributed by atoms with Crippen LogP contribution in [0.25, 0.3) is 0 Å². The number of hydrogen-bond acceptors (Lipinski definition) is 3. The molecule has 112 valence electrons. The van der Waals surface area contributed by atoms with Gasteiger partial charge in [-0.3, -0.25) is 0 Å². The molecule has 8 heteroatoms. The molecule has 0 spiro atoms. The van der Waals surface area contributed by atoms with Crippen molar-refractivity contribution in [1.29, 1.82) is 0 Å². The highest BCUT2D eigenvalue weighted by Crippen LogP contribution is 2.28. The Hall–Kier alpha value is -1.18. The highest BCUT2D eigenvalue weighted by Gasteiger charge is 2.18. The van der Waals surface area contributed by atoms with Crippen LogP contribution in [0.5, 0.6) is 5.75 Å². The van der Waals surface area contributed by atoms with Crippen molar-refractivity contribution in [2.75, 3.05) is 0 Å². The smallest absolute Gasteiger partial charge is 0.265 e. The lowest BCUT2D eigenvalue weighted by molar-refractivity contribution is 0.296. The van der Waals surface area contributed by atoms with Gasteiger partial charge in [0.15, 0.2) is 0 Å². The Balaban J connectivity index is 2.28. The van der Waals surface area contributed by atoms with Crippen molar-refractivity contribution in [2.45, 2.75) is 11.5 Å². The molecular weight excluding hydrogens is 390 g/mol. The first-order chi connectivity index (χ1) is 9.75. The molecule has 0 aliphatic carbocycles. The predicted molar refractivity (Wildman–Crippen MR) is 77.9 cm³/mol. The Morgan fingerprint density at radius 3 is 2.43 bits per heavy atom. The van der Waals surface area contributed by atoms with Crippen LogP contribution in [0.3, 0.4) is 0 Å². The first-order valence-corrected chi connectivity index (χ1v) is 8.68. The minimum Gasteiger partial charge on any atom is -0.487 e. The number of ether oxygens (including phenoxy) is 1. The average Bonchev–Trinajstić information content (AvgIpc) is 2.35. The summed E-state index contributed by atoms with van der Waals surface area (Å²) in [5, 5.41) is 0. The minimum atomic E-state index is -4.15. The highest BCUT2D eigenvalue weighted by molar-refractivity contribution is 9.10. The summed E-state index contributed by atoms with van der Waals surface area (Å²) in [4.78, 5) is -0.473. The van der Waals surface area contributed by atoms with Crippen molar-refractivity contribution >= 4 is 35.7 Å². The largest absolute Gasteiger partial charge is 0.487 e. The molecule has 0 fully saturated rings. The van der Waals surface area contributed by atoms with Crippen molar-refractivity contribution in [1.82, 2.24) is 0 Å². The van der Waals surface area contributed by atoms with Crippen LogP contribution in [0.2, 0.25) is 0 Å². The fourth-order valence-electron chi connectivity index (χ4n) is 1.65. The van der Waals surface area contributed by atoms with Crippen LogP contribution >= 0.6 is 26.6 Å². The third-order valence-corrected chi connectivity index (χ3v) is 4.29. The zero-order valence-corrected chi connectivity index (χ0v) is 13.5. The summed E-state index contributed by atoms with van der Waals surface area (Å²) in [6.45, 7) is -0.0958. The molecule has 3 nitrogen and oxygen atoms in total. The maximum absolute atomic E-state index is 13.2. The zero-order chi connectivity index (χ0) is 15.6. The lowest BCUT2D eigenvalue weighted by atomic mass is 10.2. The van der Waals surface area contributed by atoms with Gasteiger partial charge in [0.05, 0.1) is 0 Å². The van der Waals surface area contributed by atoms with Gasteiger partial charge in [0.1, 0.15) is 28.9 Å². The van der Waals surface area contributed by atoms with Crippen LogP contribution in [0.4, 0.5) is 8.78 Å². The third kappa shape index (κ3) is 4.39. The molecule has 0 unspecified atom stereocenters. The molecule has 0 atom stereocenters. The van der Waals surface area contributed by atoms with Crippen LogP contribution in [-0.2, 0) is 15.7 Å². The molecule has 0 N–H and O–H groups in total. The molecule has 0 amide bonds. The lowest BCUT2D eigenvalue weighted by Crippen LogP contribution is -2.02. The normalized spacial score (nSPS) is 11.4. The monoisotopic (exact) mass is 396 g/mol. The topological polar surface area (TPSA) is 43.4 Å². The van der Waals surface area contributed by atoms with E-state index in [0.717, 1.165) is 18.2 Å². The summed E-state index contributed by atoms with van der Waals surface area (Å²) in [7, 11) is 1.07. The van der Waals surface area contributed by atoms with Gasteiger partial charge in [-0.15, -0.1) is 0 Å². The molecule has 2 aromatic rings. The SMILES string of the molecule is O=S(=O)(Cl)c1cc(F)ccc1OCc1cc(F)cc(Br)c1. The summed E-state index contributed by atoms with van der Waals surface area (Å²) >= 11 is 3.13. The van der Waals surface area contributed by atoms with Crippen molar-refractivity contribution in [2.24, 2.45) is 0 Å². The molecule has 0 saturated carbocycles. The molecule has 0 radical (unpaired) electrons. The molecule has 21 heavy (non-hydrogen) atoms. The molecule has 0 aliphatic heterocycles. The summed E-state index contributed by atoms with van der Waals surface area (Å²) in [5.41, 5.74) is 0.476. The average molecular weight is 398 g/mol. The second-order valence-corrected chi connectivity index (χ2v) is 7.55. The summed E-state index contributed by atoms with van der Waals surface area (Å²) < 4.78 is 54.9. The molecule has 0 aliphatic rings. The standard InChI is InChI=1S/C13H8BrClF2O3S/c14-9-3-8(4-11(17)5-9)7-20-12-2-1-10(16)6-13(12)21(15,18)19/h1-6H,7H2. The van der Waals surface area contributed by atoms with Gasteiger partial charge < -0.3 is 4.74 Å². The minimum absolute atomic E-state index is 0.0958. The zero-order valence-electron chi connectivity index (χ0n) is 10.3. The van der Waals surface area contributed by atoms with E-state index < -0.39 is 25.6 Å². The fraction of sp³-hybridized carbons (Fsp3) is 0.0769. The number of hydrogen-bond donors (Lipinski definition) is 0. The number of halogens is 4. The molecular formula is C13H8BrClF2O3S. The Bertz CT molecular complexity index is 761. The van der Waals surface area contributed by atoms with E-state index in [2.05, 4.69) is 15.9 Å². The van der Waals surface area contributed by atoms with Crippen LogP contribution in [0.15, 0.2) is 45.8 Å². The number of rotatable bonds is 4. The van der Waals surface area contributed by atoms with E-state index in [4.69, 9.17) is 15.4 Å². The van der Waals surface area contributed by atoms with Crippen LogP contribution in [-0.4, -0.2) is 8.42 Å². The molecule has 0 aromatic heterocycles. The van der Waals surface area contributed by atoms with Gasteiger partial charge in [-0.05, 0) is 42.0 Å². The highest BCUT2D eigenvalue weighted by atomic mass is 79.9. The third-order valence-electron chi connectivity index (χ3n) is 2.49. The second-order valence-electron chi connectivity index (χ2n) is 4.10. The summed E-state index contributed by atoms with van der Waals surface area (Å²) in [5.74, 6) is -1.32. The van der Waals surface area contributed by atoms with Gasteiger partial charge in [0.25, 0.3) is 9.05 Å². The van der Waals surface area contributed by atoms with Crippen molar-refractivity contribution in [3.05, 3.63) is 58.1 Å². The van der Waals surface area contributed by atoms with Crippen molar-refractivity contribution < 1.29 is 21.9 Å². The van der Waals surface area contributed by atoms with E-state index in [-0.39, 0.29) is 12.4 Å². The van der Waals surface area contributed by atoms with Crippen LogP contribution in [0.1, 0.15) is 5.56 Å². The van der Waals surface area contributed by atoms with E-state index in [0.29, 0.717) is 10.0 Å². The van der Waals surface area contributed by atoms with Crippen LogP contribution < -0.4 is 4.74 Å². The quantitative estimate of drug-likeness (QED) is 0.725. The van der Waals surface area contributed by atoms with Gasteiger partial charge in [-0.1, -0.05) is 15.9 Å². The Kier molecular flexibility index (Phi) is 4.85. The van der Waals surface area contributed by atoms with Gasteiger partial charge >= 0.3 is 0 Å². The number of benzene rings is 2. The Labute approximate surface area is 133 Å². The summed E-state index contributed by atoms with van der Waals surface area (Å²) in [6, 6.07) is 7.08. The molecule has 0 saturated heterocycles. The molecule has 2 aromatic carbocycles. The Morgan fingerprint density at radius 1 is 1.10 bits per heavy atom. The first kappa shape index (κ1) is 16.2. The van der Waals surface area contributed by atoms with Crippen molar-refractivity contribution in [3.63, 3.8) is 0 Å². The van der Waals surface area contributed by atoms with Gasteiger partial charge in [-0.2, -0.15) is 0 Å². The van der Waals surface area contributed by atoms with Gasteiger partial charge in [0.2, 0.25) is 0 Å². The maximum Gasteiger partial charge on any atom is 0.265 e. The molecule has 0 bridgehead atoms. The predicted octanol–water partition coefficient (Wildman–Crippen LogP) is 4.23. The second kappa shape index (κ2) is 6.29. The lowest BCUT2D eigenvalue weighted by Gasteiger charge is -2.10. The van der Waals surface area contributed by atoms with E-state index in [1.165, 1.54) is 12.1 Å². The Morgan fingerprint density at radius 2 is 1.81 bits per heavy atom.